The first-order valence-corrected chi connectivity index (χ1v) is 9.56. The van der Waals surface area contributed by atoms with Crippen LogP contribution in [0, 0.1) is 6.92 Å². The van der Waals surface area contributed by atoms with Gasteiger partial charge < -0.3 is 4.74 Å². The number of hydrogen-bond acceptors (Lipinski definition) is 5. The largest absolute Gasteiger partial charge is 0.461 e. The molecule has 136 valence electrons. The summed E-state index contributed by atoms with van der Waals surface area (Å²) in [4.78, 5) is 30.5. The lowest BCUT2D eigenvalue weighted by Crippen LogP contribution is -2.31. The van der Waals surface area contributed by atoms with Crippen LogP contribution in [0.25, 0.3) is 21.3 Å². The van der Waals surface area contributed by atoms with E-state index in [1.54, 1.807) is 6.92 Å². The Hall–Kier alpha value is -2.47. The second-order valence-electron chi connectivity index (χ2n) is 6.48. The van der Waals surface area contributed by atoms with Crippen molar-refractivity contribution in [1.82, 2.24) is 9.55 Å². The summed E-state index contributed by atoms with van der Waals surface area (Å²) in [7, 11) is 0. The molecule has 0 N–H and O–H groups in total. The maximum Gasteiger partial charge on any atom is 0.329 e. The van der Waals surface area contributed by atoms with Crippen LogP contribution in [0.1, 0.15) is 38.8 Å². The van der Waals surface area contributed by atoms with E-state index in [-0.39, 0.29) is 11.7 Å². The molecule has 0 aliphatic heterocycles. The van der Waals surface area contributed by atoms with Gasteiger partial charge in [-0.1, -0.05) is 36.8 Å². The number of hydrogen-bond donors (Lipinski definition) is 0. The minimum atomic E-state index is -0.723. The van der Waals surface area contributed by atoms with E-state index in [0.717, 1.165) is 23.1 Å². The van der Waals surface area contributed by atoms with Gasteiger partial charge in [-0.3, -0.25) is 9.36 Å². The van der Waals surface area contributed by atoms with Crippen molar-refractivity contribution in [3.05, 3.63) is 51.9 Å². The van der Waals surface area contributed by atoms with E-state index in [1.165, 1.54) is 22.2 Å². The van der Waals surface area contributed by atoms with Crippen molar-refractivity contribution in [2.45, 2.75) is 46.3 Å². The zero-order valence-electron chi connectivity index (χ0n) is 15.4. The molecule has 2 heterocycles. The molecule has 0 amide bonds. The molecule has 2 atom stereocenters. The lowest BCUT2D eigenvalue weighted by Gasteiger charge is -2.17. The Morgan fingerprint density at radius 1 is 1.27 bits per heavy atom. The number of thiophene rings is 1. The number of aryl methyl sites for hydroxylation is 1. The third-order valence-corrected chi connectivity index (χ3v) is 5.42. The summed E-state index contributed by atoms with van der Waals surface area (Å²) < 4.78 is 6.73. The summed E-state index contributed by atoms with van der Waals surface area (Å²) in [6.07, 6.45) is 1.98. The Bertz CT molecular complexity index is 988. The maximum atomic E-state index is 13.1. The zero-order valence-corrected chi connectivity index (χ0v) is 16.2. The third-order valence-electron chi connectivity index (χ3n) is 4.53. The van der Waals surface area contributed by atoms with Gasteiger partial charge in [0.15, 0.2) is 0 Å². The highest BCUT2D eigenvalue weighted by Crippen LogP contribution is 2.31. The van der Waals surface area contributed by atoms with Crippen LogP contribution >= 0.6 is 11.3 Å². The van der Waals surface area contributed by atoms with Crippen molar-refractivity contribution in [2.75, 3.05) is 0 Å². The van der Waals surface area contributed by atoms with Crippen LogP contribution in [-0.4, -0.2) is 21.6 Å². The first-order chi connectivity index (χ1) is 12.4. The van der Waals surface area contributed by atoms with E-state index in [9.17, 15) is 9.59 Å². The molecule has 3 aromatic rings. The Morgan fingerprint density at radius 2 is 1.96 bits per heavy atom. The smallest absolute Gasteiger partial charge is 0.329 e. The second kappa shape index (κ2) is 7.41. The molecule has 0 fully saturated rings. The molecule has 6 heteroatoms. The molecule has 0 aliphatic carbocycles. The lowest BCUT2D eigenvalue weighted by atomic mass is 10.0. The van der Waals surface area contributed by atoms with Crippen LogP contribution in [0.15, 0.2) is 40.8 Å². The molecular weight excluding hydrogens is 348 g/mol. The number of ether oxygens (including phenoxy) is 1. The predicted octanol–water partition coefficient (Wildman–Crippen LogP) is 4.34. The molecule has 0 bridgehead atoms. The molecule has 0 spiro atoms. The predicted molar refractivity (Wildman–Crippen MR) is 105 cm³/mol. The van der Waals surface area contributed by atoms with Crippen molar-refractivity contribution in [3.8, 4) is 11.1 Å². The Morgan fingerprint density at radius 3 is 2.62 bits per heavy atom. The minimum absolute atomic E-state index is 0.179. The SMILES string of the molecule is CC[C@@H](C)OC(=O)[C@H](C)n1cnc2scc(-c3ccc(C)cc3)c2c1=O. The molecular formula is C20H22N2O3S. The number of nitrogens with zero attached hydrogens (tertiary/aromatic N) is 2. The number of fused-ring (bicyclic) bond motifs is 1. The van der Waals surface area contributed by atoms with E-state index >= 15 is 0 Å². The summed E-state index contributed by atoms with van der Waals surface area (Å²) in [5, 5.41) is 2.49. The minimum Gasteiger partial charge on any atom is -0.461 e. The van der Waals surface area contributed by atoms with Crippen LogP contribution in [0.3, 0.4) is 0 Å². The molecule has 0 saturated carbocycles. The molecule has 2 aromatic heterocycles. The van der Waals surface area contributed by atoms with E-state index in [1.807, 2.05) is 50.4 Å². The molecule has 0 radical (unpaired) electrons. The first-order valence-electron chi connectivity index (χ1n) is 8.68. The number of benzene rings is 1. The first kappa shape index (κ1) is 18.3. The maximum absolute atomic E-state index is 13.1. The highest BCUT2D eigenvalue weighted by atomic mass is 32.1. The van der Waals surface area contributed by atoms with Crippen molar-refractivity contribution < 1.29 is 9.53 Å². The quantitative estimate of drug-likeness (QED) is 0.627. The molecule has 3 rings (SSSR count). The fourth-order valence-corrected chi connectivity index (χ4v) is 3.57. The van der Waals surface area contributed by atoms with Crippen LogP contribution in [0.2, 0.25) is 0 Å². The molecule has 1 aromatic carbocycles. The van der Waals surface area contributed by atoms with Gasteiger partial charge in [-0.25, -0.2) is 9.78 Å². The van der Waals surface area contributed by atoms with Gasteiger partial charge in [0, 0.05) is 10.9 Å². The molecule has 0 unspecified atom stereocenters. The third kappa shape index (κ3) is 3.42. The molecule has 0 aliphatic rings. The van der Waals surface area contributed by atoms with Gasteiger partial charge in [0.05, 0.1) is 17.8 Å². The van der Waals surface area contributed by atoms with Crippen LogP contribution in [0.5, 0.6) is 0 Å². The van der Waals surface area contributed by atoms with E-state index in [4.69, 9.17) is 4.74 Å². The normalized spacial score (nSPS) is 13.5. The van der Waals surface area contributed by atoms with Gasteiger partial charge in [-0.2, -0.15) is 0 Å². The van der Waals surface area contributed by atoms with Crippen molar-refractivity contribution in [2.24, 2.45) is 0 Å². The number of carbonyl (C=O) groups is 1. The Labute approximate surface area is 156 Å². The fourth-order valence-electron chi connectivity index (χ4n) is 2.66. The van der Waals surface area contributed by atoms with E-state index in [0.29, 0.717) is 10.2 Å². The standard InChI is InChI=1S/C20H22N2O3S/c1-5-13(3)25-20(24)14(4)22-11-21-18-17(19(22)23)16(10-26-18)15-8-6-12(2)7-9-15/h6-11,13-14H,5H2,1-4H3/t13-,14+/m1/s1. The van der Waals surface area contributed by atoms with E-state index < -0.39 is 12.0 Å². The summed E-state index contributed by atoms with van der Waals surface area (Å²) in [5.41, 5.74) is 2.75. The number of carbonyl (C=O) groups excluding carboxylic acids is 1. The van der Waals surface area contributed by atoms with Gasteiger partial charge in [-0.05, 0) is 32.8 Å². The monoisotopic (exact) mass is 370 g/mol. The second-order valence-corrected chi connectivity index (χ2v) is 7.34. The Kier molecular flexibility index (Phi) is 5.23. The number of rotatable bonds is 5. The van der Waals surface area contributed by atoms with E-state index in [2.05, 4.69) is 4.98 Å². The average molecular weight is 370 g/mol. The van der Waals surface area contributed by atoms with Crippen molar-refractivity contribution in [1.29, 1.82) is 0 Å². The van der Waals surface area contributed by atoms with Crippen molar-refractivity contribution >= 4 is 27.5 Å². The van der Waals surface area contributed by atoms with Gasteiger partial charge in [0.1, 0.15) is 10.9 Å². The summed E-state index contributed by atoms with van der Waals surface area (Å²) in [6.45, 7) is 7.47. The average Bonchev–Trinajstić information content (AvgIpc) is 3.07. The highest BCUT2D eigenvalue weighted by molar-refractivity contribution is 7.17. The molecule has 0 saturated heterocycles. The number of esters is 1. The van der Waals surface area contributed by atoms with Crippen LogP contribution < -0.4 is 5.56 Å². The van der Waals surface area contributed by atoms with Gasteiger partial charge >= 0.3 is 5.97 Å². The van der Waals surface area contributed by atoms with Crippen LogP contribution in [0.4, 0.5) is 0 Å². The topological polar surface area (TPSA) is 61.2 Å². The highest BCUT2D eigenvalue weighted by Gasteiger charge is 2.22. The van der Waals surface area contributed by atoms with Crippen molar-refractivity contribution in [3.63, 3.8) is 0 Å². The number of aromatic nitrogens is 2. The zero-order chi connectivity index (χ0) is 18.8. The molecule has 5 nitrogen and oxygen atoms in total. The Balaban J connectivity index is 2.05. The summed E-state index contributed by atoms with van der Waals surface area (Å²) in [5.74, 6) is -0.422. The van der Waals surface area contributed by atoms with Gasteiger partial charge in [0.2, 0.25) is 0 Å². The lowest BCUT2D eigenvalue weighted by molar-refractivity contribution is -0.152. The summed E-state index contributed by atoms with van der Waals surface area (Å²) in [6, 6.07) is 7.29. The molecule has 26 heavy (non-hydrogen) atoms. The van der Waals surface area contributed by atoms with Crippen LogP contribution in [-0.2, 0) is 9.53 Å². The fraction of sp³-hybridized carbons (Fsp3) is 0.350. The van der Waals surface area contributed by atoms with Gasteiger partial charge in [-0.15, -0.1) is 11.3 Å². The summed E-state index contributed by atoms with van der Waals surface area (Å²) >= 11 is 1.43. The van der Waals surface area contributed by atoms with Gasteiger partial charge in [0.25, 0.3) is 5.56 Å².